The van der Waals surface area contributed by atoms with Crippen LogP contribution >= 0.6 is 0 Å². The molecule has 1 spiro atoms. The molecule has 7 heteroatoms. The Hall–Kier alpha value is -2.83. The van der Waals surface area contributed by atoms with E-state index in [1.54, 1.807) is 6.07 Å². The van der Waals surface area contributed by atoms with Gasteiger partial charge in [0.25, 0.3) is 0 Å². The fraction of sp³-hybridized carbons (Fsp3) is 0.400. The molecule has 27 heavy (non-hydrogen) atoms. The van der Waals surface area contributed by atoms with Gasteiger partial charge in [-0.25, -0.2) is 9.18 Å². The first-order chi connectivity index (χ1) is 13.2. The Labute approximate surface area is 155 Å². The summed E-state index contributed by atoms with van der Waals surface area (Å²) in [5.41, 5.74) is 4.17. The molecule has 2 fully saturated rings. The number of amides is 2. The van der Waals surface area contributed by atoms with Gasteiger partial charge in [0.05, 0.1) is 23.5 Å². The zero-order chi connectivity index (χ0) is 18.2. The number of carbonyl (C=O) groups is 1. The average Bonchev–Trinajstić information content (AvgIpc) is 3.06. The molecular weight excluding hydrogens is 345 g/mol. The van der Waals surface area contributed by atoms with Crippen LogP contribution in [0, 0.1) is 5.82 Å². The molecule has 6 rings (SSSR count). The summed E-state index contributed by atoms with van der Waals surface area (Å²) in [6, 6.07) is 7.21. The Morgan fingerprint density at radius 3 is 2.89 bits per heavy atom. The van der Waals surface area contributed by atoms with Crippen LogP contribution in [0.25, 0.3) is 22.3 Å². The minimum Gasteiger partial charge on any atom is -0.353 e. The van der Waals surface area contributed by atoms with E-state index >= 15 is 0 Å². The summed E-state index contributed by atoms with van der Waals surface area (Å²) in [6.07, 6.45) is 5.13. The molecule has 6 nitrogen and oxygen atoms in total. The van der Waals surface area contributed by atoms with Crippen LogP contribution in [0.5, 0.6) is 0 Å². The van der Waals surface area contributed by atoms with Gasteiger partial charge >= 0.3 is 6.03 Å². The summed E-state index contributed by atoms with van der Waals surface area (Å²) in [5.74, 6) is -0.244. The molecule has 2 saturated carbocycles. The van der Waals surface area contributed by atoms with Gasteiger partial charge in [-0.2, -0.15) is 5.10 Å². The van der Waals surface area contributed by atoms with Crippen molar-refractivity contribution in [2.24, 2.45) is 0 Å². The Kier molecular flexibility index (Phi) is 2.89. The number of hydrogen-bond acceptors (Lipinski definition) is 2. The predicted molar refractivity (Wildman–Crippen MR) is 98.5 cm³/mol. The molecule has 3 heterocycles. The van der Waals surface area contributed by atoms with E-state index in [1.165, 1.54) is 6.07 Å². The monoisotopic (exact) mass is 365 g/mol. The van der Waals surface area contributed by atoms with Crippen molar-refractivity contribution in [2.45, 2.75) is 50.2 Å². The van der Waals surface area contributed by atoms with Gasteiger partial charge in [-0.15, -0.1) is 0 Å². The number of hydrogen-bond donors (Lipinski definition) is 3. The molecule has 2 aliphatic carbocycles. The molecule has 0 atom stereocenters. The molecule has 2 amide bonds. The molecule has 0 bridgehead atoms. The van der Waals surface area contributed by atoms with E-state index in [-0.39, 0.29) is 17.4 Å². The van der Waals surface area contributed by atoms with Gasteiger partial charge < -0.3 is 15.2 Å². The highest BCUT2D eigenvalue weighted by atomic mass is 19.1. The number of aromatic amines is 2. The van der Waals surface area contributed by atoms with Crippen LogP contribution in [-0.2, 0) is 12.1 Å². The number of urea groups is 1. The van der Waals surface area contributed by atoms with Crippen molar-refractivity contribution in [3.8, 4) is 11.4 Å². The molecule has 3 aromatic rings. The lowest BCUT2D eigenvalue weighted by Gasteiger charge is -2.46. The normalized spacial score (nSPS) is 20.1. The fourth-order valence-electron chi connectivity index (χ4n) is 4.66. The fourth-order valence-corrected chi connectivity index (χ4v) is 4.66. The van der Waals surface area contributed by atoms with Crippen molar-refractivity contribution < 1.29 is 9.18 Å². The van der Waals surface area contributed by atoms with E-state index in [0.29, 0.717) is 18.0 Å². The third-order valence-electron chi connectivity index (χ3n) is 6.34. The third kappa shape index (κ3) is 2.05. The number of halogens is 1. The molecule has 2 aromatic heterocycles. The van der Waals surface area contributed by atoms with E-state index < -0.39 is 0 Å². The molecular formula is C20H20FN5O. The quantitative estimate of drug-likeness (QED) is 0.647. The number of aromatic nitrogens is 3. The first kappa shape index (κ1) is 15.2. The van der Waals surface area contributed by atoms with Crippen LogP contribution in [0.1, 0.15) is 43.4 Å². The molecule has 0 radical (unpaired) electrons. The van der Waals surface area contributed by atoms with Crippen LogP contribution in [0.3, 0.4) is 0 Å². The summed E-state index contributed by atoms with van der Waals surface area (Å²) in [7, 11) is 0. The van der Waals surface area contributed by atoms with Gasteiger partial charge in [-0.1, -0.05) is 6.07 Å². The highest BCUT2D eigenvalue weighted by Crippen LogP contribution is 2.54. The van der Waals surface area contributed by atoms with Gasteiger partial charge in [0, 0.05) is 22.5 Å². The van der Waals surface area contributed by atoms with E-state index in [9.17, 15) is 9.18 Å². The molecule has 1 aliphatic heterocycles. The van der Waals surface area contributed by atoms with Crippen molar-refractivity contribution >= 4 is 16.9 Å². The Balaban J connectivity index is 1.44. The first-order valence-electron chi connectivity index (χ1n) is 9.59. The maximum absolute atomic E-state index is 14.1. The third-order valence-corrected chi connectivity index (χ3v) is 6.34. The van der Waals surface area contributed by atoms with Crippen molar-refractivity contribution in [3.05, 3.63) is 41.3 Å². The molecule has 3 aliphatic rings. The van der Waals surface area contributed by atoms with Gasteiger partial charge in [0.1, 0.15) is 11.5 Å². The van der Waals surface area contributed by atoms with Gasteiger partial charge in [0.2, 0.25) is 0 Å². The number of fused-ring (bicyclic) bond motifs is 3. The number of nitrogens with zero attached hydrogens (tertiary/aromatic N) is 2. The number of nitrogens with one attached hydrogen (secondary N) is 3. The second-order valence-corrected chi connectivity index (χ2v) is 8.00. The summed E-state index contributed by atoms with van der Waals surface area (Å²) < 4.78 is 14.1. The lowest BCUT2D eigenvalue weighted by Crippen LogP contribution is -2.53. The first-order valence-corrected chi connectivity index (χ1v) is 9.59. The van der Waals surface area contributed by atoms with E-state index in [1.807, 2.05) is 17.0 Å². The number of H-pyrrole nitrogens is 2. The maximum atomic E-state index is 14.1. The lowest BCUT2D eigenvalue weighted by atomic mass is 9.71. The topological polar surface area (TPSA) is 76.8 Å². The number of rotatable bonds is 2. The van der Waals surface area contributed by atoms with Crippen LogP contribution in [0.2, 0.25) is 0 Å². The largest absolute Gasteiger partial charge is 0.353 e. The molecule has 0 unspecified atom stereocenters. The van der Waals surface area contributed by atoms with E-state index in [0.717, 1.165) is 60.3 Å². The molecule has 138 valence electrons. The van der Waals surface area contributed by atoms with E-state index in [2.05, 4.69) is 20.5 Å². The minimum atomic E-state index is -0.285. The van der Waals surface area contributed by atoms with Crippen LogP contribution in [0.4, 0.5) is 9.18 Å². The summed E-state index contributed by atoms with van der Waals surface area (Å²) in [5, 5.41) is 11.4. The second-order valence-electron chi connectivity index (χ2n) is 8.00. The lowest BCUT2D eigenvalue weighted by molar-refractivity contribution is 0.0556. The average molecular weight is 365 g/mol. The molecule has 1 aromatic carbocycles. The van der Waals surface area contributed by atoms with Crippen molar-refractivity contribution in [1.29, 1.82) is 0 Å². The Morgan fingerprint density at radius 1 is 1.33 bits per heavy atom. The van der Waals surface area contributed by atoms with Crippen LogP contribution < -0.4 is 5.32 Å². The zero-order valence-electron chi connectivity index (χ0n) is 14.8. The highest BCUT2D eigenvalue weighted by molar-refractivity contribution is 5.87. The summed E-state index contributed by atoms with van der Waals surface area (Å²) in [4.78, 5) is 18.1. The Bertz CT molecular complexity index is 1080. The number of carbonyl (C=O) groups excluding carboxylic acids is 1. The Morgan fingerprint density at radius 2 is 2.19 bits per heavy atom. The van der Waals surface area contributed by atoms with Crippen LogP contribution in [0.15, 0.2) is 24.3 Å². The number of benzene rings is 1. The summed E-state index contributed by atoms with van der Waals surface area (Å²) >= 11 is 0. The smallest absolute Gasteiger partial charge is 0.318 e. The van der Waals surface area contributed by atoms with Gasteiger partial charge in [0.15, 0.2) is 0 Å². The van der Waals surface area contributed by atoms with Gasteiger partial charge in [-0.05, 0) is 50.3 Å². The van der Waals surface area contributed by atoms with Crippen molar-refractivity contribution in [2.75, 3.05) is 0 Å². The molecule has 3 N–H and O–H groups in total. The van der Waals surface area contributed by atoms with Gasteiger partial charge in [-0.3, -0.25) is 5.10 Å². The SMILES string of the molecule is O=C(NC1CC1)N1Cc2[nH]nc(-c3cc4c(F)cccc4[nH]3)c2C12CCC2. The van der Waals surface area contributed by atoms with Crippen molar-refractivity contribution in [1.82, 2.24) is 25.4 Å². The highest BCUT2D eigenvalue weighted by Gasteiger charge is 2.54. The summed E-state index contributed by atoms with van der Waals surface area (Å²) in [6.45, 7) is 0.551. The van der Waals surface area contributed by atoms with E-state index in [4.69, 9.17) is 0 Å². The molecule has 0 saturated heterocycles. The standard InChI is InChI=1S/C20H20FN5O/c21-13-3-1-4-14-12(13)9-15(23-14)18-17-16(24-25-18)10-26(20(17)7-2-8-20)19(27)22-11-5-6-11/h1,3-4,9,11,23H,2,5-8,10H2,(H,22,27)(H,24,25). The maximum Gasteiger partial charge on any atom is 0.318 e. The zero-order valence-corrected chi connectivity index (χ0v) is 14.8. The van der Waals surface area contributed by atoms with Crippen LogP contribution in [-0.4, -0.2) is 32.2 Å². The van der Waals surface area contributed by atoms with Crippen molar-refractivity contribution in [3.63, 3.8) is 0 Å². The minimum absolute atomic E-state index is 0.0236. The second kappa shape index (κ2) is 5.12. The predicted octanol–water partition coefficient (Wildman–Crippen LogP) is 3.76.